The second-order valence-electron chi connectivity index (χ2n) is 6.09. The van der Waals surface area contributed by atoms with Gasteiger partial charge in [0.25, 0.3) is 0 Å². The Morgan fingerprint density at radius 1 is 1.11 bits per heavy atom. The number of benzene rings is 1. The summed E-state index contributed by atoms with van der Waals surface area (Å²) in [6.07, 6.45) is 6.54. The molecule has 0 saturated heterocycles. The lowest BCUT2D eigenvalue weighted by atomic mass is 9.87. The molecule has 0 spiro atoms. The minimum absolute atomic E-state index is 0.278. The number of hydrogen-bond acceptors (Lipinski definition) is 1. The summed E-state index contributed by atoms with van der Waals surface area (Å²) in [6, 6.07) is 13.4. The van der Waals surface area contributed by atoms with Crippen molar-refractivity contribution in [1.82, 2.24) is 0 Å². The third kappa shape index (κ3) is 2.67. The van der Waals surface area contributed by atoms with Crippen LogP contribution in [0.1, 0.15) is 32.1 Å². The number of nitriles is 1. The Morgan fingerprint density at radius 2 is 1.72 bits per heavy atom. The van der Waals surface area contributed by atoms with Crippen LogP contribution in [0.5, 0.6) is 0 Å². The number of rotatable bonds is 3. The lowest BCUT2D eigenvalue weighted by Gasteiger charge is -2.36. The maximum absolute atomic E-state index is 9.66. The molecule has 1 nitrogen and oxygen atoms in total. The fourth-order valence-electron chi connectivity index (χ4n) is 3.37. The van der Waals surface area contributed by atoms with Crippen LogP contribution < -0.4 is 5.19 Å². The van der Waals surface area contributed by atoms with E-state index in [2.05, 4.69) is 49.5 Å². The molecule has 0 aromatic heterocycles. The number of nitrogens with zero attached hydrogens (tertiary/aromatic N) is 1. The molecule has 0 aliphatic heterocycles. The molecule has 2 heteroatoms. The predicted molar refractivity (Wildman–Crippen MR) is 79.5 cm³/mol. The van der Waals surface area contributed by atoms with Gasteiger partial charge in [0.15, 0.2) is 0 Å². The first kappa shape index (κ1) is 13.4. The fourth-order valence-corrected chi connectivity index (χ4v) is 6.62. The van der Waals surface area contributed by atoms with Gasteiger partial charge in [0.1, 0.15) is 0 Å². The van der Waals surface area contributed by atoms with E-state index in [1.165, 1.54) is 37.3 Å². The zero-order chi connectivity index (χ0) is 13.0. The quantitative estimate of drug-likeness (QED) is 0.749. The molecule has 1 aliphatic rings. The Kier molecular flexibility index (Phi) is 4.24. The van der Waals surface area contributed by atoms with E-state index >= 15 is 0 Å². The molecule has 18 heavy (non-hydrogen) atoms. The Labute approximate surface area is 112 Å². The first-order valence-electron chi connectivity index (χ1n) is 7.11. The van der Waals surface area contributed by atoms with Crippen LogP contribution in [0.2, 0.25) is 18.6 Å². The second-order valence-corrected chi connectivity index (χ2v) is 10.7. The van der Waals surface area contributed by atoms with Gasteiger partial charge in [0.2, 0.25) is 0 Å². The molecular formula is C16H23NSi. The van der Waals surface area contributed by atoms with Gasteiger partial charge >= 0.3 is 0 Å². The van der Waals surface area contributed by atoms with E-state index in [9.17, 15) is 5.26 Å². The Balaban J connectivity index is 2.23. The van der Waals surface area contributed by atoms with Crippen molar-refractivity contribution in [1.29, 1.82) is 5.26 Å². The maximum atomic E-state index is 9.66. The minimum atomic E-state index is -1.66. The van der Waals surface area contributed by atoms with Crippen LogP contribution in [0.25, 0.3) is 0 Å². The summed E-state index contributed by atoms with van der Waals surface area (Å²) in [7, 11) is -1.66. The van der Waals surface area contributed by atoms with Crippen molar-refractivity contribution >= 4 is 13.3 Å². The average Bonchev–Trinajstić information content (AvgIpc) is 2.41. The van der Waals surface area contributed by atoms with Gasteiger partial charge in [-0.1, -0.05) is 67.9 Å². The number of hydrogen-bond donors (Lipinski definition) is 0. The van der Waals surface area contributed by atoms with Crippen molar-refractivity contribution < 1.29 is 0 Å². The highest BCUT2D eigenvalue weighted by atomic mass is 28.3. The summed E-state index contributed by atoms with van der Waals surface area (Å²) in [5, 5.41) is 11.1. The lowest BCUT2D eigenvalue weighted by Crippen LogP contribution is -2.48. The van der Waals surface area contributed by atoms with Gasteiger partial charge in [-0.25, -0.2) is 0 Å². The highest BCUT2D eigenvalue weighted by molar-refractivity contribution is 6.91. The van der Waals surface area contributed by atoms with Crippen LogP contribution in [-0.4, -0.2) is 8.07 Å². The van der Waals surface area contributed by atoms with Crippen molar-refractivity contribution in [2.45, 2.75) is 50.7 Å². The van der Waals surface area contributed by atoms with Crippen LogP contribution in [0, 0.1) is 17.2 Å². The van der Waals surface area contributed by atoms with Crippen LogP contribution in [0.4, 0.5) is 0 Å². The molecule has 0 radical (unpaired) electrons. The van der Waals surface area contributed by atoms with Gasteiger partial charge < -0.3 is 0 Å². The molecule has 2 rings (SSSR count). The molecule has 0 N–H and O–H groups in total. The van der Waals surface area contributed by atoms with E-state index in [0.29, 0.717) is 5.92 Å². The third-order valence-electron chi connectivity index (χ3n) is 4.56. The highest BCUT2D eigenvalue weighted by Crippen LogP contribution is 2.38. The summed E-state index contributed by atoms with van der Waals surface area (Å²) in [5.41, 5.74) is 0.278. The molecule has 0 bridgehead atoms. The fraction of sp³-hybridized carbons (Fsp3) is 0.562. The smallest absolute Gasteiger partial charge is 0.0993 e. The van der Waals surface area contributed by atoms with E-state index < -0.39 is 8.07 Å². The van der Waals surface area contributed by atoms with Gasteiger partial charge in [-0.2, -0.15) is 5.26 Å². The Hall–Kier alpha value is -1.07. The molecule has 0 heterocycles. The third-order valence-corrected chi connectivity index (χ3v) is 8.53. The van der Waals surface area contributed by atoms with Crippen LogP contribution in [-0.2, 0) is 0 Å². The van der Waals surface area contributed by atoms with E-state index in [0.717, 1.165) is 0 Å². The van der Waals surface area contributed by atoms with Crippen molar-refractivity contribution in [3.05, 3.63) is 30.3 Å². The minimum Gasteiger partial charge on any atom is -0.198 e. The normalized spacial score (nSPS) is 19.2. The predicted octanol–water partition coefficient (Wildman–Crippen LogP) is 4.08. The van der Waals surface area contributed by atoms with E-state index in [-0.39, 0.29) is 5.54 Å². The van der Waals surface area contributed by atoms with Gasteiger partial charge in [0, 0.05) is 5.54 Å². The summed E-state index contributed by atoms with van der Waals surface area (Å²) in [6.45, 7) is 4.73. The molecule has 1 atom stereocenters. The molecule has 1 saturated carbocycles. The van der Waals surface area contributed by atoms with Crippen molar-refractivity contribution in [2.24, 2.45) is 5.92 Å². The largest absolute Gasteiger partial charge is 0.198 e. The Morgan fingerprint density at radius 3 is 2.28 bits per heavy atom. The van der Waals surface area contributed by atoms with Crippen LogP contribution in [0.15, 0.2) is 30.3 Å². The molecule has 1 fully saturated rings. The SMILES string of the molecule is C[Si](C)(c1ccccc1)[C@H](C#N)C1CCCCC1. The molecule has 1 aromatic rings. The van der Waals surface area contributed by atoms with E-state index in [1.54, 1.807) is 0 Å². The first-order valence-corrected chi connectivity index (χ1v) is 10.2. The van der Waals surface area contributed by atoms with Crippen molar-refractivity contribution in [2.75, 3.05) is 0 Å². The zero-order valence-corrected chi connectivity index (χ0v) is 12.5. The van der Waals surface area contributed by atoms with E-state index in [4.69, 9.17) is 0 Å². The van der Waals surface area contributed by atoms with E-state index in [1.807, 2.05) is 0 Å². The standard InChI is InChI=1S/C16H23NSi/c1-18(2,15-11-7-4-8-12-15)16(13-17)14-9-5-3-6-10-14/h4,7-8,11-12,14,16H,3,5-6,9-10H2,1-2H3/t16-/m1/s1. The van der Waals surface area contributed by atoms with Gasteiger partial charge in [-0.05, 0) is 18.8 Å². The van der Waals surface area contributed by atoms with Crippen LogP contribution in [0.3, 0.4) is 0 Å². The van der Waals surface area contributed by atoms with Gasteiger partial charge in [0.05, 0.1) is 14.1 Å². The maximum Gasteiger partial charge on any atom is 0.0993 e. The van der Waals surface area contributed by atoms with Gasteiger partial charge in [-0.15, -0.1) is 0 Å². The Bertz CT molecular complexity index is 412. The van der Waals surface area contributed by atoms with Crippen molar-refractivity contribution in [3.63, 3.8) is 0 Å². The zero-order valence-electron chi connectivity index (χ0n) is 11.5. The van der Waals surface area contributed by atoms with Crippen molar-refractivity contribution in [3.8, 4) is 6.07 Å². The second kappa shape index (κ2) is 5.71. The molecular weight excluding hydrogens is 234 g/mol. The lowest BCUT2D eigenvalue weighted by molar-refractivity contribution is 0.360. The topological polar surface area (TPSA) is 23.8 Å². The molecule has 0 amide bonds. The summed E-state index contributed by atoms with van der Waals surface area (Å²) < 4.78 is 0. The summed E-state index contributed by atoms with van der Waals surface area (Å²) in [5.74, 6) is 0.644. The van der Waals surface area contributed by atoms with Crippen LogP contribution >= 0.6 is 0 Å². The molecule has 1 aromatic carbocycles. The van der Waals surface area contributed by atoms with Gasteiger partial charge in [-0.3, -0.25) is 0 Å². The average molecular weight is 257 g/mol. The molecule has 1 aliphatic carbocycles. The first-order chi connectivity index (χ1) is 8.66. The monoisotopic (exact) mass is 257 g/mol. The summed E-state index contributed by atoms with van der Waals surface area (Å²) in [4.78, 5) is 0. The highest BCUT2D eigenvalue weighted by Gasteiger charge is 2.39. The summed E-state index contributed by atoms with van der Waals surface area (Å²) >= 11 is 0. The molecule has 0 unspecified atom stereocenters. The molecule has 96 valence electrons.